The highest BCUT2D eigenvalue weighted by atomic mass is 16.5. The maximum absolute atomic E-state index is 12.9. The smallest absolute Gasteiger partial charge is 0.168 e. The summed E-state index contributed by atoms with van der Waals surface area (Å²) < 4.78 is 14.2. The summed E-state index contributed by atoms with van der Waals surface area (Å²) in [5, 5.41) is 1.05. The number of aryl methyl sites for hydroxylation is 1. The largest absolute Gasteiger partial charge is 0.495 e. The van der Waals surface area contributed by atoms with Gasteiger partial charge in [0.25, 0.3) is 0 Å². The van der Waals surface area contributed by atoms with Gasteiger partial charge in [-0.2, -0.15) is 0 Å². The molecular formula is C27H36N2O3. The Balaban J connectivity index is 1.13. The number of Topliss-reactive ketones (excluding diaryl/α,β-unsaturated/α-hetero) is 1. The van der Waals surface area contributed by atoms with E-state index < -0.39 is 0 Å². The lowest BCUT2D eigenvalue weighted by Gasteiger charge is -2.39. The molecule has 32 heavy (non-hydrogen) atoms. The molecule has 2 saturated heterocycles. The number of nitrogens with zero attached hydrogens (tertiary/aromatic N) is 2. The quantitative estimate of drug-likeness (QED) is 0.489. The van der Waals surface area contributed by atoms with Crippen LogP contribution in [-0.4, -0.2) is 53.7 Å². The third-order valence-corrected chi connectivity index (χ3v) is 8.22. The SMILES string of the molecule is COc1cccc2c(C(=O)C3CC3)cn(CCCN3[C@@H]4CC[C@H]3C[C@@H](OCC3CC3)C4)c12. The second-order valence-corrected chi connectivity index (χ2v) is 10.6. The van der Waals surface area contributed by atoms with Crippen molar-refractivity contribution in [1.82, 2.24) is 9.47 Å². The number of aromatic nitrogens is 1. The van der Waals surface area contributed by atoms with Crippen LogP contribution in [0.1, 0.15) is 68.1 Å². The summed E-state index contributed by atoms with van der Waals surface area (Å²) in [5.74, 6) is 2.27. The lowest BCUT2D eigenvalue weighted by molar-refractivity contribution is -0.0241. The fourth-order valence-electron chi connectivity index (χ4n) is 6.13. The van der Waals surface area contributed by atoms with E-state index in [1.165, 1.54) is 38.5 Å². The molecular weight excluding hydrogens is 400 g/mol. The van der Waals surface area contributed by atoms with Gasteiger partial charge in [-0.15, -0.1) is 0 Å². The van der Waals surface area contributed by atoms with Crippen molar-refractivity contribution in [3.63, 3.8) is 0 Å². The normalized spacial score (nSPS) is 27.8. The van der Waals surface area contributed by atoms with Gasteiger partial charge in [0.2, 0.25) is 0 Å². The molecule has 2 saturated carbocycles. The van der Waals surface area contributed by atoms with E-state index in [2.05, 4.69) is 21.7 Å². The molecule has 2 aliphatic carbocycles. The van der Waals surface area contributed by atoms with Crippen molar-refractivity contribution in [3.8, 4) is 5.75 Å². The molecule has 0 spiro atoms. The molecule has 6 rings (SSSR count). The van der Waals surface area contributed by atoms with E-state index in [1.54, 1.807) is 7.11 Å². The highest BCUT2D eigenvalue weighted by molar-refractivity contribution is 6.11. The second kappa shape index (κ2) is 8.49. The maximum atomic E-state index is 12.9. The van der Waals surface area contributed by atoms with Crippen molar-refractivity contribution >= 4 is 16.7 Å². The summed E-state index contributed by atoms with van der Waals surface area (Å²) in [6.45, 7) is 3.05. The molecule has 0 amide bonds. The minimum Gasteiger partial charge on any atom is -0.495 e. The van der Waals surface area contributed by atoms with E-state index >= 15 is 0 Å². The average Bonchev–Trinajstić information content (AvgIpc) is 3.73. The van der Waals surface area contributed by atoms with Crippen LogP contribution in [0.15, 0.2) is 24.4 Å². The number of methoxy groups -OCH3 is 1. The van der Waals surface area contributed by atoms with Crippen LogP contribution in [0, 0.1) is 11.8 Å². The number of benzene rings is 1. The Morgan fingerprint density at radius 3 is 2.50 bits per heavy atom. The third-order valence-electron chi connectivity index (χ3n) is 8.22. The molecule has 2 aliphatic heterocycles. The van der Waals surface area contributed by atoms with Gasteiger partial charge < -0.3 is 14.0 Å². The van der Waals surface area contributed by atoms with Crippen LogP contribution in [0.25, 0.3) is 10.9 Å². The van der Waals surface area contributed by atoms with Crippen molar-refractivity contribution in [3.05, 3.63) is 30.0 Å². The molecule has 172 valence electrons. The lowest BCUT2D eigenvalue weighted by Crippen LogP contribution is -2.46. The van der Waals surface area contributed by atoms with E-state index in [1.807, 2.05) is 12.1 Å². The van der Waals surface area contributed by atoms with Gasteiger partial charge in [-0.3, -0.25) is 9.69 Å². The topological polar surface area (TPSA) is 43.7 Å². The number of carbonyl (C=O) groups excluding carboxylic acids is 1. The highest BCUT2D eigenvalue weighted by Crippen LogP contribution is 2.39. The zero-order valence-corrected chi connectivity index (χ0v) is 19.3. The number of fused-ring (bicyclic) bond motifs is 3. The molecule has 5 heteroatoms. The van der Waals surface area contributed by atoms with Crippen LogP contribution in [0.5, 0.6) is 5.75 Å². The van der Waals surface area contributed by atoms with Crippen LogP contribution in [0.4, 0.5) is 0 Å². The Morgan fingerprint density at radius 2 is 1.81 bits per heavy atom. The molecule has 4 fully saturated rings. The van der Waals surface area contributed by atoms with Gasteiger partial charge in [-0.25, -0.2) is 0 Å². The molecule has 2 bridgehead atoms. The van der Waals surface area contributed by atoms with Gasteiger partial charge in [0.05, 0.1) is 18.7 Å². The first kappa shape index (κ1) is 20.7. The van der Waals surface area contributed by atoms with Crippen LogP contribution in [-0.2, 0) is 11.3 Å². The standard InChI is InChI=1S/C27H36N2O3/c1-31-25-5-2-4-23-24(27(30)19-8-9-19)16-28(26(23)25)12-3-13-29-20-10-11-21(29)15-22(14-20)32-17-18-6-7-18/h2,4-5,16,18-22H,3,6-15,17H2,1H3/t20-,21+,22+. The molecule has 1 aromatic carbocycles. The van der Waals surface area contributed by atoms with Crippen molar-refractivity contribution < 1.29 is 14.3 Å². The first-order valence-corrected chi connectivity index (χ1v) is 12.8. The van der Waals surface area contributed by atoms with Crippen LogP contribution < -0.4 is 4.74 Å². The van der Waals surface area contributed by atoms with Gasteiger partial charge in [0.1, 0.15) is 5.75 Å². The number of ketones is 1. The van der Waals surface area contributed by atoms with Crippen molar-refractivity contribution in [2.75, 3.05) is 20.3 Å². The summed E-state index contributed by atoms with van der Waals surface area (Å²) in [6, 6.07) is 7.48. The van der Waals surface area contributed by atoms with E-state index in [-0.39, 0.29) is 5.92 Å². The Labute approximate surface area is 191 Å². The number of carbonyl (C=O) groups is 1. The summed E-state index contributed by atoms with van der Waals surface area (Å²) >= 11 is 0. The molecule has 0 radical (unpaired) electrons. The molecule has 3 atom stereocenters. The number of rotatable bonds is 10. The van der Waals surface area contributed by atoms with Gasteiger partial charge >= 0.3 is 0 Å². The zero-order chi connectivity index (χ0) is 21.7. The van der Waals surface area contributed by atoms with Crippen LogP contribution in [0.3, 0.4) is 0 Å². The maximum Gasteiger partial charge on any atom is 0.168 e. The lowest BCUT2D eigenvalue weighted by atomic mass is 9.99. The van der Waals surface area contributed by atoms with Gasteiger partial charge in [-0.05, 0) is 69.8 Å². The van der Waals surface area contributed by atoms with Crippen molar-refractivity contribution in [2.24, 2.45) is 11.8 Å². The van der Waals surface area contributed by atoms with Crippen LogP contribution >= 0.6 is 0 Å². The average molecular weight is 437 g/mol. The first-order valence-electron chi connectivity index (χ1n) is 12.8. The zero-order valence-electron chi connectivity index (χ0n) is 19.3. The Kier molecular flexibility index (Phi) is 5.50. The molecule has 5 nitrogen and oxygen atoms in total. The molecule has 0 unspecified atom stereocenters. The fourth-order valence-corrected chi connectivity index (χ4v) is 6.13. The van der Waals surface area contributed by atoms with Crippen molar-refractivity contribution in [2.45, 2.75) is 82.5 Å². The number of hydrogen-bond donors (Lipinski definition) is 0. The number of ether oxygens (including phenoxy) is 2. The van der Waals surface area contributed by atoms with E-state index in [0.29, 0.717) is 24.0 Å². The van der Waals surface area contributed by atoms with E-state index in [0.717, 1.165) is 67.1 Å². The van der Waals surface area contributed by atoms with Gasteiger partial charge in [0, 0.05) is 54.8 Å². The van der Waals surface area contributed by atoms with Gasteiger partial charge in [-0.1, -0.05) is 12.1 Å². The highest BCUT2D eigenvalue weighted by Gasteiger charge is 2.41. The van der Waals surface area contributed by atoms with Crippen LogP contribution in [0.2, 0.25) is 0 Å². The summed E-state index contributed by atoms with van der Waals surface area (Å²) in [4.78, 5) is 15.7. The molecule has 4 aliphatic rings. The van der Waals surface area contributed by atoms with Gasteiger partial charge in [0.15, 0.2) is 5.78 Å². The Bertz CT molecular complexity index is 976. The number of para-hydroxylation sites is 1. The van der Waals surface area contributed by atoms with E-state index in [4.69, 9.17) is 9.47 Å². The molecule has 0 N–H and O–H groups in total. The third kappa shape index (κ3) is 3.99. The van der Waals surface area contributed by atoms with Crippen molar-refractivity contribution in [1.29, 1.82) is 0 Å². The molecule has 3 heterocycles. The number of hydrogen-bond acceptors (Lipinski definition) is 4. The summed E-state index contributed by atoms with van der Waals surface area (Å²) in [7, 11) is 1.72. The summed E-state index contributed by atoms with van der Waals surface area (Å²) in [5.41, 5.74) is 1.96. The Morgan fingerprint density at radius 1 is 1.03 bits per heavy atom. The predicted molar refractivity (Wildman–Crippen MR) is 125 cm³/mol. The monoisotopic (exact) mass is 436 g/mol. The number of piperidine rings is 1. The first-order chi connectivity index (χ1) is 15.7. The second-order valence-electron chi connectivity index (χ2n) is 10.6. The minimum absolute atomic E-state index is 0.235. The molecule has 1 aromatic heterocycles. The summed E-state index contributed by atoms with van der Waals surface area (Å²) in [6.07, 6.45) is 13.6. The van der Waals surface area contributed by atoms with E-state index in [9.17, 15) is 4.79 Å². The molecule has 2 aromatic rings. The fraction of sp³-hybridized carbons (Fsp3) is 0.667. The Hall–Kier alpha value is -1.85. The minimum atomic E-state index is 0.235. The predicted octanol–water partition coefficient (Wildman–Crippen LogP) is 5.05.